The SMILES string of the molecule is CCC(=O)C1=C(O)C(=O)N(CCN(C)C)C1c1ccccc1OC(C)C. The molecule has 1 atom stereocenters. The number of para-hydroxylation sites is 1. The minimum atomic E-state index is -0.634. The number of rotatable bonds is 8. The molecule has 1 heterocycles. The maximum atomic E-state index is 12.7. The molecule has 6 nitrogen and oxygen atoms in total. The quantitative estimate of drug-likeness (QED) is 0.772. The second kappa shape index (κ2) is 8.36. The van der Waals surface area contributed by atoms with Gasteiger partial charge in [0.2, 0.25) is 0 Å². The molecule has 1 aliphatic heterocycles. The Morgan fingerprint density at radius 1 is 1.31 bits per heavy atom. The van der Waals surface area contributed by atoms with Crippen LogP contribution in [-0.2, 0) is 9.59 Å². The number of Topliss-reactive ketones (excluding diaryl/α,β-unsaturated/α-hetero) is 1. The lowest BCUT2D eigenvalue weighted by Crippen LogP contribution is -2.36. The van der Waals surface area contributed by atoms with Gasteiger partial charge in [0.05, 0.1) is 17.7 Å². The Labute approximate surface area is 155 Å². The van der Waals surface area contributed by atoms with Crippen molar-refractivity contribution in [3.05, 3.63) is 41.2 Å². The summed E-state index contributed by atoms with van der Waals surface area (Å²) in [6.45, 7) is 6.59. The molecule has 0 saturated heterocycles. The topological polar surface area (TPSA) is 70.1 Å². The van der Waals surface area contributed by atoms with Crippen LogP contribution in [0.2, 0.25) is 0 Å². The number of ketones is 1. The number of hydrogen-bond donors (Lipinski definition) is 1. The Morgan fingerprint density at radius 2 is 1.96 bits per heavy atom. The first-order valence-electron chi connectivity index (χ1n) is 8.95. The first-order valence-corrected chi connectivity index (χ1v) is 8.95. The molecule has 26 heavy (non-hydrogen) atoms. The molecule has 1 aromatic rings. The highest BCUT2D eigenvalue weighted by molar-refractivity contribution is 6.09. The molecule has 1 aromatic carbocycles. The van der Waals surface area contributed by atoms with Gasteiger partial charge in [-0.25, -0.2) is 0 Å². The summed E-state index contributed by atoms with van der Waals surface area (Å²) in [5, 5.41) is 10.4. The van der Waals surface area contributed by atoms with E-state index in [1.807, 2.05) is 57.1 Å². The van der Waals surface area contributed by atoms with Gasteiger partial charge < -0.3 is 19.6 Å². The third kappa shape index (κ3) is 4.07. The molecule has 2 rings (SSSR count). The number of nitrogens with zero attached hydrogens (tertiary/aromatic N) is 2. The predicted molar refractivity (Wildman–Crippen MR) is 100 cm³/mol. The van der Waals surface area contributed by atoms with Crippen LogP contribution >= 0.6 is 0 Å². The fourth-order valence-electron chi connectivity index (χ4n) is 3.06. The molecule has 1 aliphatic rings. The Morgan fingerprint density at radius 3 is 2.54 bits per heavy atom. The van der Waals surface area contributed by atoms with Crippen molar-refractivity contribution in [2.75, 3.05) is 27.2 Å². The Kier molecular flexibility index (Phi) is 6.42. The van der Waals surface area contributed by atoms with Gasteiger partial charge in [0, 0.05) is 25.1 Å². The summed E-state index contributed by atoms with van der Waals surface area (Å²) in [5.41, 5.74) is 0.880. The average molecular weight is 360 g/mol. The van der Waals surface area contributed by atoms with Crippen molar-refractivity contribution in [3.8, 4) is 5.75 Å². The number of carbonyl (C=O) groups is 2. The van der Waals surface area contributed by atoms with Crippen molar-refractivity contribution >= 4 is 11.7 Å². The minimum Gasteiger partial charge on any atom is -0.503 e. The number of ether oxygens (including phenoxy) is 1. The van der Waals surface area contributed by atoms with Crippen LogP contribution in [0.1, 0.15) is 38.8 Å². The molecule has 1 amide bonds. The van der Waals surface area contributed by atoms with Crippen LogP contribution in [0.25, 0.3) is 0 Å². The maximum Gasteiger partial charge on any atom is 0.290 e. The monoisotopic (exact) mass is 360 g/mol. The number of aliphatic hydroxyl groups excluding tert-OH is 1. The zero-order valence-electron chi connectivity index (χ0n) is 16.2. The van der Waals surface area contributed by atoms with Crippen molar-refractivity contribution in [1.29, 1.82) is 0 Å². The molecule has 1 unspecified atom stereocenters. The van der Waals surface area contributed by atoms with Crippen LogP contribution in [0.4, 0.5) is 0 Å². The number of benzene rings is 1. The number of hydrogen-bond acceptors (Lipinski definition) is 5. The molecular formula is C20H28N2O4. The van der Waals surface area contributed by atoms with Gasteiger partial charge in [-0.1, -0.05) is 25.1 Å². The molecule has 0 saturated carbocycles. The van der Waals surface area contributed by atoms with Crippen molar-refractivity contribution in [2.45, 2.75) is 39.3 Å². The highest BCUT2D eigenvalue weighted by atomic mass is 16.5. The summed E-state index contributed by atoms with van der Waals surface area (Å²) in [6.07, 6.45) is 0.170. The number of aliphatic hydroxyl groups is 1. The van der Waals surface area contributed by atoms with E-state index in [9.17, 15) is 14.7 Å². The third-order valence-corrected chi connectivity index (χ3v) is 4.29. The molecule has 1 N–H and O–H groups in total. The lowest BCUT2D eigenvalue weighted by atomic mass is 9.94. The van der Waals surface area contributed by atoms with E-state index in [-0.39, 0.29) is 23.9 Å². The lowest BCUT2D eigenvalue weighted by molar-refractivity contribution is -0.129. The van der Waals surface area contributed by atoms with Crippen LogP contribution in [-0.4, -0.2) is 59.9 Å². The van der Waals surface area contributed by atoms with E-state index in [4.69, 9.17) is 4.74 Å². The van der Waals surface area contributed by atoms with Crippen LogP contribution in [0, 0.1) is 0 Å². The van der Waals surface area contributed by atoms with Crippen LogP contribution < -0.4 is 4.74 Å². The standard InChI is InChI=1S/C20H28N2O4/c1-6-15(23)17-18(14-9-7-8-10-16(14)26-13(2)3)22(12-11-21(4)5)20(25)19(17)24/h7-10,13,18,24H,6,11-12H2,1-5H3. The van der Waals surface area contributed by atoms with Gasteiger partial charge in [0.25, 0.3) is 5.91 Å². The van der Waals surface area contributed by atoms with E-state index in [1.54, 1.807) is 11.8 Å². The van der Waals surface area contributed by atoms with Gasteiger partial charge in [-0.05, 0) is 34.0 Å². The summed E-state index contributed by atoms with van der Waals surface area (Å²) >= 11 is 0. The van der Waals surface area contributed by atoms with Gasteiger partial charge >= 0.3 is 0 Å². The van der Waals surface area contributed by atoms with E-state index in [1.165, 1.54) is 0 Å². The van der Waals surface area contributed by atoms with Crippen molar-refractivity contribution in [2.24, 2.45) is 0 Å². The van der Waals surface area contributed by atoms with E-state index in [0.717, 1.165) is 0 Å². The molecule has 0 spiro atoms. The first kappa shape index (κ1) is 20.0. The Hall–Kier alpha value is -2.34. The van der Waals surface area contributed by atoms with Crippen molar-refractivity contribution < 1.29 is 19.4 Å². The molecule has 142 valence electrons. The zero-order valence-corrected chi connectivity index (χ0v) is 16.2. The second-order valence-corrected chi connectivity index (χ2v) is 6.95. The maximum absolute atomic E-state index is 12.7. The highest BCUT2D eigenvalue weighted by Gasteiger charge is 2.43. The predicted octanol–water partition coefficient (Wildman–Crippen LogP) is 2.71. The molecular weight excluding hydrogens is 332 g/mol. The van der Waals surface area contributed by atoms with E-state index in [2.05, 4.69) is 0 Å². The molecule has 0 fully saturated rings. The van der Waals surface area contributed by atoms with Gasteiger partial charge in [-0.15, -0.1) is 0 Å². The van der Waals surface area contributed by atoms with Crippen LogP contribution in [0.3, 0.4) is 0 Å². The van der Waals surface area contributed by atoms with Crippen molar-refractivity contribution in [1.82, 2.24) is 9.80 Å². The highest BCUT2D eigenvalue weighted by Crippen LogP contribution is 2.41. The fraction of sp³-hybridized carbons (Fsp3) is 0.500. The van der Waals surface area contributed by atoms with Gasteiger partial charge in [-0.3, -0.25) is 9.59 Å². The van der Waals surface area contributed by atoms with E-state index in [0.29, 0.717) is 24.4 Å². The molecule has 0 radical (unpaired) electrons. The Balaban J connectivity index is 2.54. The summed E-state index contributed by atoms with van der Waals surface area (Å²) in [6, 6.07) is 6.74. The minimum absolute atomic E-state index is 0.0496. The van der Waals surface area contributed by atoms with Gasteiger partial charge in [-0.2, -0.15) is 0 Å². The summed E-state index contributed by atoms with van der Waals surface area (Å²) < 4.78 is 5.90. The number of amides is 1. The summed E-state index contributed by atoms with van der Waals surface area (Å²) in [7, 11) is 3.83. The molecule has 0 aromatic heterocycles. The van der Waals surface area contributed by atoms with E-state index >= 15 is 0 Å². The number of likely N-dealkylation sites (N-methyl/N-ethyl adjacent to an activating group) is 1. The zero-order chi connectivity index (χ0) is 19.4. The average Bonchev–Trinajstić information content (AvgIpc) is 2.83. The van der Waals surface area contributed by atoms with Crippen LogP contribution in [0.5, 0.6) is 5.75 Å². The Bertz CT molecular complexity index is 710. The largest absolute Gasteiger partial charge is 0.503 e. The molecule has 0 aliphatic carbocycles. The lowest BCUT2D eigenvalue weighted by Gasteiger charge is -2.29. The number of carbonyl (C=O) groups excluding carboxylic acids is 2. The smallest absolute Gasteiger partial charge is 0.290 e. The van der Waals surface area contributed by atoms with Gasteiger partial charge in [0.15, 0.2) is 11.5 Å². The van der Waals surface area contributed by atoms with Crippen molar-refractivity contribution in [3.63, 3.8) is 0 Å². The summed E-state index contributed by atoms with van der Waals surface area (Å²) in [4.78, 5) is 28.7. The molecule has 6 heteroatoms. The fourth-order valence-corrected chi connectivity index (χ4v) is 3.06. The van der Waals surface area contributed by atoms with Gasteiger partial charge in [0.1, 0.15) is 5.75 Å². The first-order chi connectivity index (χ1) is 12.3. The second-order valence-electron chi connectivity index (χ2n) is 6.95. The normalized spacial score (nSPS) is 17.6. The molecule has 0 bridgehead atoms. The third-order valence-electron chi connectivity index (χ3n) is 4.29. The van der Waals surface area contributed by atoms with Crippen LogP contribution in [0.15, 0.2) is 35.6 Å². The summed E-state index contributed by atoms with van der Waals surface area (Å²) in [5.74, 6) is -0.563. The van der Waals surface area contributed by atoms with E-state index < -0.39 is 17.7 Å².